The highest BCUT2D eigenvalue weighted by Gasteiger charge is 2.06. The van der Waals surface area contributed by atoms with E-state index in [0.717, 1.165) is 17.2 Å². The second-order valence-corrected chi connectivity index (χ2v) is 4.08. The minimum atomic E-state index is -0.221. The fraction of sp³-hybridized carbons (Fsp3) is 0.214. The van der Waals surface area contributed by atoms with Crippen LogP contribution in [-0.4, -0.2) is 12.0 Å². The van der Waals surface area contributed by atoms with Crippen molar-refractivity contribution in [3.8, 4) is 0 Å². The summed E-state index contributed by atoms with van der Waals surface area (Å²) in [6, 6.07) is 12.3. The van der Waals surface area contributed by atoms with Gasteiger partial charge in [0.15, 0.2) is 0 Å². The molecular weight excluding hydrogens is 229 g/mol. The van der Waals surface area contributed by atoms with Gasteiger partial charge in [-0.25, -0.2) is 9.37 Å². The number of benzene rings is 1. The maximum Gasteiger partial charge on any atom is 0.128 e. The first-order valence-electron chi connectivity index (χ1n) is 5.86. The second kappa shape index (κ2) is 5.49. The van der Waals surface area contributed by atoms with Crippen LogP contribution in [-0.2, 0) is 0 Å². The van der Waals surface area contributed by atoms with Crippen LogP contribution in [0, 0.1) is 5.82 Å². The van der Waals surface area contributed by atoms with Crippen LogP contribution < -0.4 is 10.6 Å². The summed E-state index contributed by atoms with van der Waals surface area (Å²) >= 11 is 0. The first-order chi connectivity index (χ1) is 8.69. The van der Waals surface area contributed by atoms with Gasteiger partial charge in [0.2, 0.25) is 0 Å². The average molecular weight is 245 g/mol. The maximum absolute atomic E-state index is 12.8. The van der Waals surface area contributed by atoms with Crippen LogP contribution >= 0.6 is 0 Å². The molecule has 0 aliphatic carbocycles. The Bertz CT molecular complexity index is 511. The van der Waals surface area contributed by atoms with Crippen LogP contribution in [0.3, 0.4) is 0 Å². The number of aromatic nitrogens is 1. The van der Waals surface area contributed by atoms with Gasteiger partial charge >= 0.3 is 0 Å². The van der Waals surface area contributed by atoms with E-state index in [9.17, 15) is 4.39 Å². The second-order valence-electron chi connectivity index (χ2n) is 4.08. The van der Waals surface area contributed by atoms with Gasteiger partial charge in [-0.2, -0.15) is 0 Å². The number of nitrogens with one attached hydrogen (secondary N) is 2. The molecule has 18 heavy (non-hydrogen) atoms. The minimum Gasteiger partial charge on any atom is -0.373 e. The Labute approximate surface area is 106 Å². The summed E-state index contributed by atoms with van der Waals surface area (Å²) < 4.78 is 12.8. The van der Waals surface area contributed by atoms with Crippen molar-refractivity contribution in [1.82, 2.24) is 4.98 Å². The quantitative estimate of drug-likeness (QED) is 0.866. The number of nitrogens with zero attached hydrogens (tertiary/aromatic N) is 1. The molecule has 0 aliphatic rings. The first kappa shape index (κ1) is 12.4. The maximum atomic E-state index is 12.8. The van der Waals surface area contributed by atoms with Crippen molar-refractivity contribution in [2.24, 2.45) is 0 Å². The van der Waals surface area contributed by atoms with Gasteiger partial charge < -0.3 is 10.6 Å². The van der Waals surface area contributed by atoms with Gasteiger partial charge in [0.1, 0.15) is 17.5 Å². The highest BCUT2D eigenvalue weighted by atomic mass is 19.1. The van der Waals surface area contributed by atoms with Gasteiger partial charge in [-0.05, 0) is 36.8 Å². The van der Waals surface area contributed by atoms with E-state index in [-0.39, 0.29) is 11.9 Å². The van der Waals surface area contributed by atoms with Crippen molar-refractivity contribution < 1.29 is 4.39 Å². The van der Waals surface area contributed by atoms with E-state index in [2.05, 4.69) is 15.6 Å². The third-order valence-electron chi connectivity index (χ3n) is 2.74. The molecule has 1 heterocycles. The highest BCUT2D eigenvalue weighted by molar-refractivity contribution is 5.46. The molecule has 0 saturated heterocycles. The van der Waals surface area contributed by atoms with E-state index < -0.39 is 0 Å². The van der Waals surface area contributed by atoms with Gasteiger partial charge in [0.25, 0.3) is 0 Å². The molecule has 1 aromatic carbocycles. The summed E-state index contributed by atoms with van der Waals surface area (Å²) in [7, 11) is 1.83. The Morgan fingerprint density at radius 2 is 1.72 bits per heavy atom. The molecular formula is C14H16FN3. The number of rotatable bonds is 4. The lowest BCUT2D eigenvalue weighted by Gasteiger charge is -2.15. The van der Waals surface area contributed by atoms with Gasteiger partial charge in [0, 0.05) is 13.1 Å². The lowest BCUT2D eigenvalue weighted by Crippen LogP contribution is -2.08. The molecule has 2 rings (SSSR count). The molecule has 4 heteroatoms. The Morgan fingerprint density at radius 1 is 1.06 bits per heavy atom. The molecule has 3 nitrogen and oxygen atoms in total. The van der Waals surface area contributed by atoms with Crippen LogP contribution in [0.4, 0.5) is 16.0 Å². The van der Waals surface area contributed by atoms with Crippen molar-refractivity contribution in [2.75, 3.05) is 17.7 Å². The van der Waals surface area contributed by atoms with E-state index in [4.69, 9.17) is 0 Å². The summed E-state index contributed by atoms with van der Waals surface area (Å²) in [5.41, 5.74) is 1.02. The molecule has 1 unspecified atom stereocenters. The van der Waals surface area contributed by atoms with Crippen molar-refractivity contribution in [3.05, 3.63) is 53.8 Å². The largest absolute Gasteiger partial charge is 0.373 e. The zero-order chi connectivity index (χ0) is 13.0. The highest BCUT2D eigenvalue weighted by Crippen LogP contribution is 2.19. The van der Waals surface area contributed by atoms with Crippen LogP contribution in [0.25, 0.3) is 0 Å². The van der Waals surface area contributed by atoms with Crippen LogP contribution in [0.15, 0.2) is 42.5 Å². The van der Waals surface area contributed by atoms with Crippen LogP contribution in [0.1, 0.15) is 18.5 Å². The monoisotopic (exact) mass is 245 g/mol. The summed E-state index contributed by atoms with van der Waals surface area (Å²) in [6.07, 6.45) is 0. The summed E-state index contributed by atoms with van der Waals surface area (Å²) in [5, 5.41) is 6.27. The summed E-state index contributed by atoms with van der Waals surface area (Å²) in [6.45, 7) is 2.01. The third kappa shape index (κ3) is 2.97. The number of pyridine rings is 1. The molecule has 2 aromatic rings. The van der Waals surface area contributed by atoms with E-state index in [1.807, 2.05) is 32.2 Å². The fourth-order valence-corrected chi connectivity index (χ4v) is 1.71. The Balaban J connectivity index is 2.10. The van der Waals surface area contributed by atoms with Crippen molar-refractivity contribution >= 4 is 11.6 Å². The van der Waals surface area contributed by atoms with Crippen LogP contribution in [0.2, 0.25) is 0 Å². The molecule has 0 bridgehead atoms. The van der Waals surface area contributed by atoms with Crippen molar-refractivity contribution in [2.45, 2.75) is 13.0 Å². The smallest absolute Gasteiger partial charge is 0.128 e. The molecule has 0 spiro atoms. The van der Waals surface area contributed by atoms with Crippen molar-refractivity contribution in [1.29, 1.82) is 0 Å². The van der Waals surface area contributed by atoms with Gasteiger partial charge in [-0.15, -0.1) is 0 Å². The van der Waals surface area contributed by atoms with Crippen LogP contribution in [0.5, 0.6) is 0 Å². The zero-order valence-electron chi connectivity index (χ0n) is 10.4. The number of anilines is 2. The molecule has 0 aliphatic heterocycles. The van der Waals surface area contributed by atoms with E-state index in [1.54, 1.807) is 12.1 Å². The molecule has 1 aromatic heterocycles. The van der Waals surface area contributed by atoms with E-state index in [0.29, 0.717) is 0 Å². The first-order valence-corrected chi connectivity index (χ1v) is 5.86. The zero-order valence-corrected chi connectivity index (χ0v) is 10.4. The lowest BCUT2D eigenvalue weighted by molar-refractivity contribution is 0.626. The molecule has 0 amide bonds. The third-order valence-corrected chi connectivity index (χ3v) is 2.74. The topological polar surface area (TPSA) is 37.0 Å². The van der Waals surface area contributed by atoms with E-state index >= 15 is 0 Å². The SMILES string of the molecule is CNc1cccc(NC(C)c2ccc(F)cc2)n1. The molecule has 0 fully saturated rings. The summed E-state index contributed by atoms with van der Waals surface area (Å²) in [5.74, 6) is 1.38. The predicted molar refractivity (Wildman–Crippen MR) is 72.2 cm³/mol. The van der Waals surface area contributed by atoms with Crippen molar-refractivity contribution in [3.63, 3.8) is 0 Å². The summed E-state index contributed by atoms with van der Waals surface area (Å²) in [4.78, 5) is 4.38. The number of hydrogen-bond acceptors (Lipinski definition) is 3. The predicted octanol–water partition coefficient (Wildman–Crippen LogP) is 3.44. The molecule has 1 atom stereocenters. The molecule has 94 valence electrons. The standard InChI is InChI=1S/C14H16FN3/c1-10(11-6-8-12(15)9-7-11)17-14-5-3-4-13(16-2)18-14/h3-10H,1-2H3,(H2,16,17,18). The molecule has 0 radical (unpaired) electrons. The Morgan fingerprint density at radius 3 is 2.39 bits per heavy atom. The number of hydrogen-bond donors (Lipinski definition) is 2. The van der Waals surface area contributed by atoms with Gasteiger partial charge in [0.05, 0.1) is 0 Å². The normalized spacial score (nSPS) is 11.9. The Kier molecular flexibility index (Phi) is 3.77. The molecule has 2 N–H and O–H groups in total. The minimum absolute atomic E-state index is 0.0743. The van der Waals surface area contributed by atoms with Gasteiger partial charge in [-0.3, -0.25) is 0 Å². The molecule has 0 saturated carbocycles. The van der Waals surface area contributed by atoms with E-state index in [1.165, 1.54) is 12.1 Å². The fourth-order valence-electron chi connectivity index (χ4n) is 1.71. The van der Waals surface area contributed by atoms with Gasteiger partial charge in [-0.1, -0.05) is 18.2 Å². The Hall–Kier alpha value is -2.10. The number of halogens is 1. The average Bonchev–Trinajstić information content (AvgIpc) is 2.39. The lowest BCUT2D eigenvalue weighted by atomic mass is 10.1.